The van der Waals surface area contributed by atoms with Gasteiger partial charge in [-0.25, -0.2) is 4.98 Å². The number of anilines is 1. The zero-order valence-corrected chi connectivity index (χ0v) is 12.9. The first-order chi connectivity index (χ1) is 11.2. The monoisotopic (exact) mass is 358 g/mol. The number of hydrogen-bond acceptors (Lipinski definition) is 4. The number of pyridine rings is 1. The quantitative estimate of drug-likeness (QED) is 0.810. The van der Waals surface area contributed by atoms with Gasteiger partial charge in [0.1, 0.15) is 10.9 Å². The SMILES string of the molecule is COc1cnc(Cl)cc1C1(O)C(=O)Nc2cc(C(F)(F)F)ccc21. The Morgan fingerprint density at radius 2 is 2.00 bits per heavy atom. The van der Waals surface area contributed by atoms with E-state index in [1.165, 1.54) is 19.4 Å². The summed E-state index contributed by atoms with van der Waals surface area (Å²) < 4.78 is 43.5. The summed E-state index contributed by atoms with van der Waals surface area (Å²) in [6.45, 7) is 0. The van der Waals surface area contributed by atoms with Gasteiger partial charge in [-0.1, -0.05) is 17.7 Å². The molecule has 9 heteroatoms. The number of fused-ring (bicyclic) bond motifs is 1. The van der Waals surface area contributed by atoms with Crippen LogP contribution in [0.3, 0.4) is 0 Å². The highest BCUT2D eigenvalue weighted by atomic mass is 35.5. The maximum Gasteiger partial charge on any atom is 0.416 e. The lowest BCUT2D eigenvalue weighted by Crippen LogP contribution is -2.35. The smallest absolute Gasteiger partial charge is 0.416 e. The number of halogens is 4. The lowest BCUT2D eigenvalue weighted by atomic mass is 9.87. The third-order valence-corrected chi connectivity index (χ3v) is 3.96. The molecule has 1 atom stereocenters. The first-order valence-corrected chi connectivity index (χ1v) is 7.01. The van der Waals surface area contributed by atoms with E-state index < -0.39 is 23.2 Å². The summed E-state index contributed by atoms with van der Waals surface area (Å²) in [6.07, 6.45) is -3.36. The van der Waals surface area contributed by atoms with Crippen LogP contribution in [0.2, 0.25) is 5.15 Å². The molecule has 2 aromatic rings. The van der Waals surface area contributed by atoms with Gasteiger partial charge in [0.25, 0.3) is 5.91 Å². The average Bonchev–Trinajstić information content (AvgIpc) is 2.78. The van der Waals surface area contributed by atoms with Gasteiger partial charge in [-0.15, -0.1) is 0 Å². The molecule has 5 nitrogen and oxygen atoms in total. The molecule has 3 rings (SSSR count). The van der Waals surface area contributed by atoms with E-state index in [9.17, 15) is 23.1 Å². The van der Waals surface area contributed by atoms with Crippen LogP contribution >= 0.6 is 11.6 Å². The second-order valence-electron chi connectivity index (χ2n) is 5.13. The van der Waals surface area contributed by atoms with E-state index in [4.69, 9.17) is 16.3 Å². The van der Waals surface area contributed by atoms with E-state index in [-0.39, 0.29) is 27.7 Å². The highest BCUT2D eigenvalue weighted by Gasteiger charge is 2.49. The van der Waals surface area contributed by atoms with Gasteiger partial charge in [0.2, 0.25) is 0 Å². The Balaban J connectivity index is 2.21. The number of nitrogens with one attached hydrogen (secondary N) is 1. The molecule has 24 heavy (non-hydrogen) atoms. The van der Waals surface area contributed by atoms with Gasteiger partial charge in [0.15, 0.2) is 5.60 Å². The summed E-state index contributed by atoms with van der Waals surface area (Å²) in [5, 5.41) is 13.2. The summed E-state index contributed by atoms with van der Waals surface area (Å²) in [6, 6.07) is 3.83. The number of aromatic nitrogens is 1. The van der Waals surface area contributed by atoms with Crippen molar-refractivity contribution in [3.05, 3.63) is 52.3 Å². The minimum Gasteiger partial charge on any atom is -0.495 e. The Morgan fingerprint density at radius 3 is 2.62 bits per heavy atom. The van der Waals surface area contributed by atoms with Crippen molar-refractivity contribution in [2.75, 3.05) is 12.4 Å². The first kappa shape index (κ1) is 16.5. The minimum absolute atomic E-state index is 0.00705. The molecule has 0 radical (unpaired) electrons. The van der Waals surface area contributed by atoms with Gasteiger partial charge >= 0.3 is 6.18 Å². The van der Waals surface area contributed by atoms with Crippen molar-refractivity contribution in [2.45, 2.75) is 11.8 Å². The van der Waals surface area contributed by atoms with Crippen LogP contribution in [-0.2, 0) is 16.6 Å². The third kappa shape index (κ3) is 2.38. The molecule has 0 bridgehead atoms. The second-order valence-corrected chi connectivity index (χ2v) is 5.52. The fourth-order valence-electron chi connectivity index (χ4n) is 2.60. The molecule has 1 aromatic heterocycles. The molecule has 1 unspecified atom stereocenters. The zero-order chi connectivity index (χ0) is 17.7. The van der Waals surface area contributed by atoms with Crippen molar-refractivity contribution in [2.24, 2.45) is 0 Å². The third-order valence-electron chi connectivity index (χ3n) is 3.76. The molecule has 2 N–H and O–H groups in total. The van der Waals surface area contributed by atoms with Crippen molar-refractivity contribution in [3.8, 4) is 5.75 Å². The van der Waals surface area contributed by atoms with Crippen LogP contribution in [0.1, 0.15) is 16.7 Å². The number of hydrogen-bond donors (Lipinski definition) is 2. The fraction of sp³-hybridized carbons (Fsp3) is 0.200. The van der Waals surface area contributed by atoms with Crippen LogP contribution < -0.4 is 10.1 Å². The molecule has 0 saturated carbocycles. The number of carbonyl (C=O) groups is 1. The molecule has 126 valence electrons. The summed E-state index contributed by atoms with van der Waals surface area (Å²) in [4.78, 5) is 16.1. The second kappa shape index (κ2) is 5.35. The predicted molar refractivity (Wildman–Crippen MR) is 78.9 cm³/mol. The van der Waals surface area contributed by atoms with Gasteiger partial charge in [-0.05, 0) is 18.2 Å². The molecule has 0 aliphatic carbocycles. The number of rotatable bonds is 2. The normalized spacial score (nSPS) is 19.8. The van der Waals surface area contributed by atoms with Gasteiger partial charge in [0, 0.05) is 16.8 Å². The molecule has 1 aliphatic rings. The van der Waals surface area contributed by atoms with Crippen LogP contribution in [0.4, 0.5) is 18.9 Å². The van der Waals surface area contributed by atoms with Crippen LogP contribution in [0.5, 0.6) is 5.75 Å². The Bertz CT molecular complexity index is 841. The minimum atomic E-state index is -4.57. The number of aliphatic hydroxyl groups is 1. The Hall–Kier alpha value is -2.32. The Kier molecular flexibility index (Phi) is 3.69. The summed E-state index contributed by atoms with van der Waals surface area (Å²) in [7, 11) is 1.30. The molecule has 1 aromatic carbocycles. The summed E-state index contributed by atoms with van der Waals surface area (Å²) >= 11 is 5.82. The van der Waals surface area contributed by atoms with Crippen LogP contribution in [-0.4, -0.2) is 23.1 Å². The van der Waals surface area contributed by atoms with Gasteiger partial charge in [0.05, 0.1) is 18.9 Å². The number of alkyl halides is 3. The van der Waals surface area contributed by atoms with Crippen LogP contribution in [0, 0.1) is 0 Å². The lowest BCUT2D eigenvalue weighted by molar-refractivity contribution is -0.137. The molecule has 0 fully saturated rings. The molecule has 0 spiro atoms. The first-order valence-electron chi connectivity index (χ1n) is 6.63. The van der Waals surface area contributed by atoms with Crippen molar-refractivity contribution in [1.29, 1.82) is 0 Å². The maximum atomic E-state index is 12.8. The van der Waals surface area contributed by atoms with Crippen LogP contribution in [0.25, 0.3) is 0 Å². The van der Waals surface area contributed by atoms with E-state index in [2.05, 4.69) is 10.3 Å². The standard InChI is InChI=1S/C15H10ClF3N2O3/c1-24-11-6-20-12(16)5-9(11)14(23)8-3-2-7(15(17,18)19)4-10(8)21-13(14)22/h2-6,23H,1H3,(H,21,22). The number of ether oxygens (including phenoxy) is 1. The molecule has 0 saturated heterocycles. The summed E-state index contributed by atoms with van der Waals surface area (Å²) in [5.41, 5.74) is -3.35. The molecule has 1 aliphatic heterocycles. The fourth-order valence-corrected chi connectivity index (χ4v) is 2.76. The van der Waals surface area contributed by atoms with Gasteiger partial charge in [-0.3, -0.25) is 4.79 Å². The van der Waals surface area contributed by atoms with Gasteiger partial charge < -0.3 is 15.2 Å². The number of nitrogens with zero attached hydrogens (tertiary/aromatic N) is 1. The maximum absolute atomic E-state index is 12.8. The van der Waals surface area contributed by atoms with E-state index in [0.717, 1.165) is 18.2 Å². The van der Waals surface area contributed by atoms with E-state index >= 15 is 0 Å². The van der Waals surface area contributed by atoms with E-state index in [1.807, 2.05) is 0 Å². The topological polar surface area (TPSA) is 71.5 Å². The predicted octanol–water partition coefficient (Wildman–Crippen LogP) is 2.95. The molecular formula is C15H10ClF3N2O3. The molecular weight excluding hydrogens is 349 g/mol. The van der Waals surface area contributed by atoms with E-state index in [1.54, 1.807) is 0 Å². The number of benzene rings is 1. The largest absolute Gasteiger partial charge is 0.495 e. The zero-order valence-electron chi connectivity index (χ0n) is 12.1. The van der Waals surface area contributed by atoms with Crippen molar-refractivity contribution in [1.82, 2.24) is 4.98 Å². The number of methoxy groups -OCH3 is 1. The van der Waals surface area contributed by atoms with Crippen LogP contribution in [0.15, 0.2) is 30.5 Å². The number of amides is 1. The lowest BCUT2D eigenvalue weighted by Gasteiger charge is -2.23. The Morgan fingerprint density at radius 1 is 1.29 bits per heavy atom. The van der Waals surface area contributed by atoms with Crippen molar-refractivity contribution in [3.63, 3.8) is 0 Å². The average molecular weight is 359 g/mol. The van der Waals surface area contributed by atoms with Crippen molar-refractivity contribution < 1.29 is 27.8 Å². The highest BCUT2D eigenvalue weighted by Crippen LogP contribution is 2.46. The van der Waals surface area contributed by atoms with Gasteiger partial charge in [-0.2, -0.15) is 13.2 Å². The summed E-state index contributed by atoms with van der Waals surface area (Å²) in [5.74, 6) is -0.831. The van der Waals surface area contributed by atoms with Crippen molar-refractivity contribution >= 4 is 23.2 Å². The number of carbonyl (C=O) groups excluding carboxylic acids is 1. The molecule has 1 amide bonds. The highest BCUT2D eigenvalue weighted by molar-refractivity contribution is 6.29. The molecule has 2 heterocycles. The Labute approximate surface area is 139 Å². The van der Waals surface area contributed by atoms with E-state index in [0.29, 0.717) is 0 Å².